The minimum absolute atomic E-state index is 0.429. The van der Waals surface area contributed by atoms with E-state index in [-0.39, 0.29) is 0 Å². The molecule has 0 aliphatic rings. The summed E-state index contributed by atoms with van der Waals surface area (Å²) in [4.78, 5) is 0. The van der Waals surface area contributed by atoms with Crippen molar-refractivity contribution in [2.24, 2.45) is 5.73 Å². The molecule has 22 heavy (non-hydrogen) atoms. The predicted molar refractivity (Wildman–Crippen MR) is 85.0 cm³/mol. The summed E-state index contributed by atoms with van der Waals surface area (Å²) in [6, 6.07) is 7.54. The molecule has 0 aliphatic carbocycles. The van der Waals surface area contributed by atoms with Gasteiger partial charge in [0, 0.05) is 6.54 Å². The average molecular weight is 304 g/mol. The Kier molecular flexibility index (Phi) is 6.21. The van der Waals surface area contributed by atoms with Crippen LogP contribution in [-0.2, 0) is 19.5 Å². The molecule has 2 aromatic rings. The lowest BCUT2D eigenvalue weighted by atomic mass is 10.1. The number of unbranched alkanes of at least 4 members (excludes halogenated alkanes) is 1. The summed E-state index contributed by atoms with van der Waals surface area (Å²) in [5, 5.41) is 8.34. The van der Waals surface area contributed by atoms with Gasteiger partial charge in [0.05, 0.1) is 25.0 Å². The number of nitrogens with two attached hydrogens (primary N) is 1. The minimum Gasteiger partial charge on any atom is -0.497 e. The standard InChI is InChI=1S/C16H24N4O2/c1-3-4-5-16-15(12-17)18-19-20(16)10-11-22-14-8-6-13(21-2)7-9-14/h6-9H,3-5,10-12,17H2,1-2H3. The largest absolute Gasteiger partial charge is 0.497 e. The van der Waals surface area contributed by atoms with Gasteiger partial charge in [-0.15, -0.1) is 5.10 Å². The lowest BCUT2D eigenvalue weighted by Crippen LogP contribution is -2.13. The predicted octanol–water partition coefficient (Wildman–Crippen LogP) is 2.17. The number of nitrogens with zero attached hydrogens (tertiary/aromatic N) is 3. The van der Waals surface area contributed by atoms with Gasteiger partial charge in [-0.05, 0) is 37.1 Å². The molecular formula is C16H24N4O2. The second-order valence-corrected chi connectivity index (χ2v) is 5.04. The second kappa shape index (κ2) is 8.38. The number of hydrogen-bond acceptors (Lipinski definition) is 5. The summed E-state index contributed by atoms with van der Waals surface area (Å²) < 4.78 is 12.8. The molecule has 0 spiro atoms. The molecule has 1 heterocycles. The molecule has 1 aromatic carbocycles. The summed E-state index contributed by atoms with van der Waals surface area (Å²) in [7, 11) is 1.65. The summed E-state index contributed by atoms with van der Waals surface area (Å²) in [5.41, 5.74) is 7.74. The van der Waals surface area contributed by atoms with Crippen LogP contribution in [0.3, 0.4) is 0 Å². The summed E-state index contributed by atoms with van der Waals surface area (Å²) in [6.45, 7) is 3.80. The van der Waals surface area contributed by atoms with Crippen molar-refractivity contribution in [2.45, 2.75) is 39.3 Å². The number of rotatable bonds is 9. The van der Waals surface area contributed by atoms with E-state index in [0.717, 1.165) is 42.1 Å². The van der Waals surface area contributed by atoms with Crippen molar-refractivity contribution in [3.8, 4) is 11.5 Å². The van der Waals surface area contributed by atoms with Gasteiger partial charge in [-0.2, -0.15) is 0 Å². The Labute approximate surface area is 131 Å². The van der Waals surface area contributed by atoms with E-state index in [1.165, 1.54) is 0 Å². The van der Waals surface area contributed by atoms with E-state index in [2.05, 4.69) is 17.2 Å². The van der Waals surface area contributed by atoms with Crippen LogP contribution in [0.25, 0.3) is 0 Å². The number of aromatic nitrogens is 3. The molecule has 2 N–H and O–H groups in total. The van der Waals surface area contributed by atoms with E-state index < -0.39 is 0 Å². The number of ether oxygens (including phenoxy) is 2. The Bertz CT molecular complexity index is 566. The fraction of sp³-hybridized carbons (Fsp3) is 0.500. The van der Waals surface area contributed by atoms with Gasteiger partial charge in [0.1, 0.15) is 18.1 Å². The highest BCUT2D eigenvalue weighted by Crippen LogP contribution is 2.17. The molecule has 0 saturated carbocycles. The van der Waals surface area contributed by atoms with E-state index in [1.54, 1.807) is 7.11 Å². The average Bonchev–Trinajstić information content (AvgIpc) is 2.95. The Balaban J connectivity index is 1.91. The third kappa shape index (κ3) is 4.21. The maximum absolute atomic E-state index is 5.74. The fourth-order valence-corrected chi connectivity index (χ4v) is 2.25. The zero-order valence-electron chi connectivity index (χ0n) is 13.3. The zero-order chi connectivity index (χ0) is 15.8. The van der Waals surface area contributed by atoms with Crippen LogP contribution >= 0.6 is 0 Å². The van der Waals surface area contributed by atoms with E-state index in [9.17, 15) is 0 Å². The molecule has 0 atom stereocenters. The van der Waals surface area contributed by atoms with Crippen LogP contribution in [0, 0.1) is 0 Å². The highest BCUT2D eigenvalue weighted by atomic mass is 16.5. The second-order valence-electron chi connectivity index (χ2n) is 5.04. The number of benzene rings is 1. The van der Waals surface area contributed by atoms with E-state index in [4.69, 9.17) is 15.2 Å². The molecule has 0 saturated heterocycles. The van der Waals surface area contributed by atoms with Crippen molar-refractivity contribution >= 4 is 0 Å². The van der Waals surface area contributed by atoms with Crippen molar-refractivity contribution in [1.82, 2.24) is 15.0 Å². The van der Waals surface area contributed by atoms with Crippen LogP contribution in [0.5, 0.6) is 11.5 Å². The first-order valence-electron chi connectivity index (χ1n) is 7.66. The Hall–Kier alpha value is -2.08. The van der Waals surface area contributed by atoms with Crippen molar-refractivity contribution in [3.63, 3.8) is 0 Å². The highest BCUT2D eigenvalue weighted by Gasteiger charge is 2.11. The quantitative estimate of drug-likeness (QED) is 0.768. The lowest BCUT2D eigenvalue weighted by molar-refractivity contribution is 0.286. The third-order valence-corrected chi connectivity index (χ3v) is 3.51. The molecule has 6 nitrogen and oxygen atoms in total. The molecule has 1 aromatic heterocycles. The molecule has 0 amide bonds. The molecular weight excluding hydrogens is 280 g/mol. The first-order chi connectivity index (χ1) is 10.8. The molecule has 2 rings (SSSR count). The SMILES string of the molecule is CCCCc1c(CN)nnn1CCOc1ccc(OC)cc1. The summed E-state index contributed by atoms with van der Waals surface area (Å²) >= 11 is 0. The zero-order valence-corrected chi connectivity index (χ0v) is 13.3. The van der Waals surface area contributed by atoms with Gasteiger partial charge in [0.2, 0.25) is 0 Å². The smallest absolute Gasteiger partial charge is 0.119 e. The monoisotopic (exact) mass is 304 g/mol. The van der Waals surface area contributed by atoms with E-state index in [0.29, 0.717) is 19.7 Å². The van der Waals surface area contributed by atoms with Gasteiger partial charge in [-0.25, -0.2) is 4.68 Å². The molecule has 6 heteroatoms. The van der Waals surface area contributed by atoms with Crippen molar-refractivity contribution < 1.29 is 9.47 Å². The van der Waals surface area contributed by atoms with Gasteiger partial charge >= 0.3 is 0 Å². The molecule has 0 aliphatic heterocycles. The first kappa shape index (κ1) is 16.3. The van der Waals surface area contributed by atoms with Crippen molar-refractivity contribution in [2.75, 3.05) is 13.7 Å². The van der Waals surface area contributed by atoms with Gasteiger partial charge in [0.25, 0.3) is 0 Å². The first-order valence-corrected chi connectivity index (χ1v) is 7.66. The normalized spacial score (nSPS) is 10.7. The summed E-state index contributed by atoms with van der Waals surface area (Å²) in [5.74, 6) is 1.63. The van der Waals surface area contributed by atoms with Crippen LogP contribution < -0.4 is 15.2 Å². The van der Waals surface area contributed by atoms with Crippen molar-refractivity contribution in [3.05, 3.63) is 35.7 Å². The van der Waals surface area contributed by atoms with Gasteiger partial charge < -0.3 is 15.2 Å². The summed E-state index contributed by atoms with van der Waals surface area (Å²) in [6.07, 6.45) is 3.20. The van der Waals surface area contributed by atoms with Gasteiger partial charge in [0.15, 0.2) is 0 Å². The number of methoxy groups -OCH3 is 1. The molecule has 0 fully saturated rings. The van der Waals surface area contributed by atoms with Gasteiger partial charge in [-0.3, -0.25) is 0 Å². The molecule has 0 radical (unpaired) electrons. The van der Waals surface area contributed by atoms with Crippen LogP contribution in [0.1, 0.15) is 31.2 Å². The Morgan fingerprint density at radius 3 is 2.55 bits per heavy atom. The van der Waals surface area contributed by atoms with E-state index in [1.807, 2.05) is 28.9 Å². The molecule has 120 valence electrons. The van der Waals surface area contributed by atoms with Crippen LogP contribution in [0.4, 0.5) is 0 Å². The minimum atomic E-state index is 0.429. The van der Waals surface area contributed by atoms with E-state index >= 15 is 0 Å². The van der Waals surface area contributed by atoms with Crippen LogP contribution in [0.2, 0.25) is 0 Å². The molecule has 0 bridgehead atoms. The fourth-order valence-electron chi connectivity index (χ4n) is 2.25. The Morgan fingerprint density at radius 2 is 1.91 bits per heavy atom. The van der Waals surface area contributed by atoms with Crippen LogP contribution in [-0.4, -0.2) is 28.7 Å². The maximum atomic E-state index is 5.74. The highest BCUT2D eigenvalue weighted by molar-refractivity contribution is 5.31. The topological polar surface area (TPSA) is 75.2 Å². The number of hydrogen-bond donors (Lipinski definition) is 1. The van der Waals surface area contributed by atoms with Gasteiger partial charge in [-0.1, -0.05) is 18.6 Å². The lowest BCUT2D eigenvalue weighted by Gasteiger charge is -2.09. The Morgan fingerprint density at radius 1 is 1.18 bits per heavy atom. The third-order valence-electron chi connectivity index (χ3n) is 3.51. The van der Waals surface area contributed by atoms with Crippen LogP contribution in [0.15, 0.2) is 24.3 Å². The van der Waals surface area contributed by atoms with Crippen molar-refractivity contribution in [1.29, 1.82) is 0 Å². The molecule has 0 unspecified atom stereocenters. The maximum Gasteiger partial charge on any atom is 0.119 e.